The predicted octanol–water partition coefficient (Wildman–Crippen LogP) is 1.85. The van der Waals surface area contributed by atoms with Gasteiger partial charge in [0, 0.05) is 5.75 Å². The van der Waals surface area contributed by atoms with Crippen molar-refractivity contribution in [1.29, 1.82) is 0 Å². The minimum atomic E-state index is -0.0908. The van der Waals surface area contributed by atoms with Gasteiger partial charge in [-0.05, 0) is 30.3 Å². The second-order valence-electron chi connectivity index (χ2n) is 3.26. The smallest absolute Gasteiger partial charge is 0.309 e. The van der Waals surface area contributed by atoms with Gasteiger partial charge in [-0.15, -0.1) is 0 Å². The lowest BCUT2D eigenvalue weighted by Crippen LogP contribution is -2.29. The summed E-state index contributed by atoms with van der Waals surface area (Å²) in [6.45, 7) is 0. The molecule has 0 N–H and O–H groups in total. The third kappa shape index (κ3) is 3.09. The first-order valence-corrected chi connectivity index (χ1v) is 6.34. The highest BCUT2D eigenvalue weighted by Crippen LogP contribution is 2.30. The molecule has 1 fully saturated rings. The molecule has 76 valence electrons. The zero-order chi connectivity index (χ0) is 9.68. The Morgan fingerprint density at radius 1 is 1.62 bits per heavy atom. The molecular formula is C9H16O2S2. The molecule has 1 rings (SSSR count). The maximum atomic E-state index is 11.4. The third-order valence-corrected chi connectivity index (χ3v) is 3.98. The molecule has 13 heavy (non-hydrogen) atoms. The van der Waals surface area contributed by atoms with Gasteiger partial charge < -0.3 is 4.74 Å². The summed E-state index contributed by atoms with van der Waals surface area (Å²) in [6.07, 6.45) is 2.26. The van der Waals surface area contributed by atoms with Crippen molar-refractivity contribution < 1.29 is 9.53 Å². The molecule has 1 atom stereocenters. The van der Waals surface area contributed by atoms with Crippen molar-refractivity contribution in [1.82, 2.24) is 0 Å². The quantitative estimate of drug-likeness (QED) is 0.581. The number of thioether (sulfide) groups is 1. The molecule has 0 bridgehead atoms. The van der Waals surface area contributed by atoms with E-state index in [4.69, 9.17) is 4.74 Å². The molecule has 1 unspecified atom stereocenters. The Morgan fingerprint density at radius 2 is 2.23 bits per heavy atom. The van der Waals surface area contributed by atoms with Crippen molar-refractivity contribution in [3.05, 3.63) is 0 Å². The van der Waals surface area contributed by atoms with E-state index in [0.29, 0.717) is 11.7 Å². The van der Waals surface area contributed by atoms with Crippen LogP contribution in [-0.2, 0) is 9.53 Å². The molecule has 0 aromatic rings. The summed E-state index contributed by atoms with van der Waals surface area (Å²) >= 11 is 6.18. The number of esters is 1. The Morgan fingerprint density at radius 3 is 2.69 bits per heavy atom. The lowest BCUT2D eigenvalue weighted by molar-refractivity contribution is -0.146. The summed E-state index contributed by atoms with van der Waals surface area (Å²) in [5.74, 6) is 3.37. The van der Waals surface area contributed by atoms with Crippen LogP contribution in [0, 0.1) is 11.8 Å². The minimum Gasteiger partial charge on any atom is -0.469 e. The Hall–Kier alpha value is 0.170. The highest BCUT2D eigenvalue weighted by Gasteiger charge is 2.28. The molecule has 1 heterocycles. The van der Waals surface area contributed by atoms with Crippen LogP contribution in [-0.4, -0.2) is 30.3 Å². The fourth-order valence-corrected chi connectivity index (χ4v) is 3.28. The largest absolute Gasteiger partial charge is 0.469 e. The van der Waals surface area contributed by atoms with Crippen LogP contribution in [0.4, 0.5) is 0 Å². The molecule has 0 radical (unpaired) electrons. The lowest BCUT2D eigenvalue weighted by Gasteiger charge is -2.26. The van der Waals surface area contributed by atoms with Crippen molar-refractivity contribution in [3.63, 3.8) is 0 Å². The van der Waals surface area contributed by atoms with Gasteiger partial charge in [0.1, 0.15) is 0 Å². The number of carbonyl (C=O) groups excluding carboxylic acids is 1. The molecule has 2 nitrogen and oxygen atoms in total. The van der Waals surface area contributed by atoms with E-state index in [0.717, 1.165) is 12.8 Å². The van der Waals surface area contributed by atoms with E-state index in [1.165, 1.54) is 18.6 Å². The number of methoxy groups -OCH3 is 1. The zero-order valence-corrected chi connectivity index (χ0v) is 9.57. The van der Waals surface area contributed by atoms with E-state index in [-0.39, 0.29) is 11.9 Å². The maximum Gasteiger partial charge on any atom is 0.309 e. The summed E-state index contributed by atoms with van der Waals surface area (Å²) in [4.78, 5) is 11.4. The van der Waals surface area contributed by atoms with Crippen LogP contribution in [0.15, 0.2) is 0 Å². The van der Waals surface area contributed by atoms with Gasteiger partial charge in [0.05, 0.1) is 13.0 Å². The second-order valence-corrected chi connectivity index (χ2v) is 4.85. The first kappa shape index (κ1) is 11.2. The van der Waals surface area contributed by atoms with Crippen LogP contribution in [0.2, 0.25) is 0 Å². The van der Waals surface area contributed by atoms with Crippen LogP contribution in [0.5, 0.6) is 0 Å². The van der Waals surface area contributed by atoms with Crippen molar-refractivity contribution in [2.75, 3.05) is 24.4 Å². The highest BCUT2D eigenvalue weighted by atomic mass is 32.2. The third-order valence-electron chi connectivity index (χ3n) is 2.54. The highest BCUT2D eigenvalue weighted by molar-refractivity contribution is 7.99. The van der Waals surface area contributed by atoms with Crippen molar-refractivity contribution in [3.8, 4) is 0 Å². The second kappa shape index (κ2) is 5.81. The molecule has 0 saturated carbocycles. The number of hydrogen-bond donors (Lipinski definition) is 1. The molecular weight excluding hydrogens is 204 g/mol. The predicted molar refractivity (Wildman–Crippen MR) is 59.4 cm³/mol. The van der Waals surface area contributed by atoms with Crippen molar-refractivity contribution in [2.24, 2.45) is 11.8 Å². The van der Waals surface area contributed by atoms with E-state index in [2.05, 4.69) is 12.6 Å². The van der Waals surface area contributed by atoms with Gasteiger partial charge in [-0.2, -0.15) is 24.4 Å². The van der Waals surface area contributed by atoms with E-state index < -0.39 is 0 Å². The molecule has 0 amide bonds. The van der Waals surface area contributed by atoms with Gasteiger partial charge in [0.25, 0.3) is 0 Å². The fraction of sp³-hybridized carbons (Fsp3) is 0.889. The van der Waals surface area contributed by atoms with Gasteiger partial charge in [-0.3, -0.25) is 4.79 Å². The molecule has 1 saturated heterocycles. The van der Waals surface area contributed by atoms with Gasteiger partial charge in [0.15, 0.2) is 0 Å². The molecule has 4 heteroatoms. The number of hydrogen-bond acceptors (Lipinski definition) is 4. The minimum absolute atomic E-state index is 0.00855. The van der Waals surface area contributed by atoms with E-state index in [1.807, 2.05) is 11.8 Å². The van der Waals surface area contributed by atoms with Crippen LogP contribution in [0.3, 0.4) is 0 Å². The van der Waals surface area contributed by atoms with Crippen LogP contribution in [0.25, 0.3) is 0 Å². The van der Waals surface area contributed by atoms with Gasteiger partial charge in [-0.1, -0.05) is 0 Å². The van der Waals surface area contributed by atoms with Gasteiger partial charge >= 0.3 is 5.97 Å². The summed E-state index contributed by atoms with van der Waals surface area (Å²) in [7, 11) is 1.45. The average Bonchev–Trinajstić information content (AvgIpc) is 2.20. The SMILES string of the molecule is COC(=O)C(CS)C1CCSCC1. The average molecular weight is 220 g/mol. The number of carbonyl (C=O) groups is 1. The molecule has 1 aliphatic heterocycles. The Kier molecular flexibility index (Phi) is 5.02. The number of thiol groups is 1. The van der Waals surface area contributed by atoms with Gasteiger partial charge in [-0.25, -0.2) is 0 Å². The molecule has 0 spiro atoms. The Balaban J connectivity index is 2.48. The molecule has 1 aliphatic rings. The monoisotopic (exact) mass is 220 g/mol. The van der Waals surface area contributed by atoms with E-state index in [1.54, 1.807) is 0 Å². The number of ether oxygens (including phenoxy) is 1. The summed E-state index contributed by atoms with van der Waals surface area (Å²) in [5, 5.41) is 0. The zero-order valence-electron chi connectivity index (χ0n) is 7.86. The number of rotatable bonds is 3. The van der Waals surface area contributed by atoms with Crippen molar-refractivity contribution >= 4 is 30.4 Å². The fourth-order valence-electron chi connectivity index (χ4n) is 1.69. The summed E-state index contributed by atoms with van der Waals surface area (Å²) in [6, 6.07) is 0. The topological polar surface area (TPSA) is 26.3 Å². The van der Waals surface area contributed by atoms with E-state index in [9.17, 15) is 4.79 Å². The first-order valence-electron chi connectivity index (χ1n) is 4.56. The summed E-state index contributed by atoms with van der Waals surface area (Å²) < 4.78 is 4.76. The first-order chi connectivity index (χ1) is 6.29. The standard InChI is InChI=1S/C9H16O2S2/c1-11-9(10)8(6-12)7-2-4-13-5-3-7/h7-8,12H,2-6H2,1H3. The summed E-state index contributed by atoms with van der Waals surface area (Å²) in [5.41, 5.74) is 0. The van der Waals surface area contributed by atoms with Crippen LogP contribution in [0.1, 0.15) is 12.8 Å². The Labute approximate surface area is 89.2 Å². The van der Waals surface area contributed by atoms with E-state index >= 15 is 0 Å². The van der Waals surface area contributed by atoms with Gasteiger partial charge in [0.2, 0.25) is 0 Å². The van der Waals surface area contributed by atoms with Crippen molar-refractivity contribution in [2.45, 2.75) is 12.8 Å². The normalized spacial score (nSPS) is 21.1. The molecule has 0 aliphatic carbocycles. The molecule has 0 aromatic heterocycles. The van der Waals surface area contributed by atoms with Crippen LogP contribution >= 0.6 is 24.4 Å². The lowest BCUT2D eigenvalue weighted by atomic mass is 9.89. The molecule has 0 aromatic carbocycles. The Bertz CT molecular complexity index is 167. The van der Waals surface area contributed by atoms with Crippen LogP contribution < -0.4 is 0 Å². The maximum absolute atomic E-state index is 11.4.